The highest BCUT2D eigenvalue weighted by atomic mass is 16.4. The first-order valence-corrected chi connectivity index (χ1v) is 4.69. The van der Waals surface area contributed by atoms with E-state index in [1.807, 2.05) is 20.8 Å². The van der Waals surface area contributed by atoms with Crippen LogP contribution < -0.4 is 0 Å². The standard InChI is InChI=1S/C10H14N2O2/c1-5-8(12-4-11-5)6-7(9(13)14)10(6,2)3/h4,6-7H,1-3H3,(H,11,12)(H,13,14). The second kappa shape index (κ2) is 2.59. The largest absolute Gasteiger partial charge is 0.481 e. The number of aromatic nitrogens is 2. The molecule has 2 rings (SSSR count). The molecule has 14 heavy (non-hydrogen) atoms. The third-order valence-electron chi connectivity index (χ3n) is 3.26. The van der Waals surface area contributed by atoms with Crippen molar-refractivity contribution in [3.8, 4) is 0 Å². The van der Waals surface area contributed by atoms with E-state index in [1.54, 1.807) is 6.33 Å². The number of nitrogens with zero attached hydrogens (tertiary/aromatic N) is 1. The van der Waals surface area contributed by atoms with E-state index in [2.05, 4.69) is 9.97 Å². The minimum atomic E-state index is -0.720. The van der Waals surface area contributed by atoms with Crippen LogP contribution in [0.4, 0.5) is 0 Å². The lowest BCUT2D eigenvalue weighted by Gasteiger charge is -1.99. The second-order valence-corrected chi connectivity index (χ2v) is 4.53. The summed E-state index contributed by atoms with van der Waals surface area (Å²) in [5, 5.41) is 9.01. The van der Waals surface area contributed by atoms with Crippen molar-refractivity contribution in [2.75, 3.05) is 0 Å². The predicted molar refractivity (Wildman–Crippen MR) is 51.0 cm³/mol. The number of carboxylic acids is 1. The van der Waals surface area contributed by atoms with Crippen LogP contribution in [0.25, 0.3) is 0 Å². The zero-order valence-corrected chi connectivity index (χ0v) is 8.53. The molecule has 0 aromatic carbocycles. The van der Waals surface area contributed by atoms with Crippen LogP contribution >= 0.6 is 0 Å². The zero-order valence-electron chi connectivity index (χ0n) is 8.53. The van der Waals surface area contributed by atoms with Crippen LogP contribution in [0, 0.1) is 18.3 Å². The molecule has 1 aliphatic carbocycles. The summed E-state index contributed by atoms with van der Waals surface area (Å²) >= 11 is 0. The fraction of sp³-hybridized carbons (Fsp3) is 0.600. The normalized spacial score (nSPS) is 28.8. The van der Waals surface area contributed by atoms with Gasteiger partial charge in [0.1, 0.15) is 0 Å². The average Bonchev–Trinajstić information content (AvgIpc) is 2.42. The SMILES string of the molecule is Cc1[nH]cnc1C1C(C(=O)O)C1(C)C. The number of carbonyl (C=O) groups is 1. The van der Waals surface area contributed by atoms with Crippen molar-refractivity contribution in [1.29, 1.82) is 0 Å². The molecule has 4 nitrogen and oxygen atoms in total. The van der Waals surface area contributed by atoms with Gasteiger partial charge in [0.05, 0.1) is 17.9 Å². The van der Waals surface area contributed by atoms with E-state index in [0.717, 1.165) is 11.4 Å². The summed E-state index contributed by atoms with van der Waals surface area (Å²) in [7, 11) is 0. The highest BCUT2D eigenvalue weighted by Crippen LogP contribution is 2.64. The lowest BCUT2D eigenvalue weighted by molar-refractivity contribution is -0.139. The van der Waals surface area contributed by atoms with E-state index in [4.69, 9.17) is 5.11 Å². The van der Waals surface area contributed by atoms with Crippen molar-refractivity contribution in [2.45, 2.75) is 26.7 Å². The monoisotopic (exact) mass is 194 g/mol. The molecule has 1 aromatic heterocycles. The van der Waals surface area contributed by atoms with E-state index in [9.17, 15) is 4.79 Å². The minimum absolute atomic E-state index is 0.0613. The van der Waals surface area contributed by atoms with Gasteiger partial charge in [-0.3, -0.25) is 4.79 Å². The third kappa shape index (κ3) is 1.06. The fourth-order valence-electron chi connectivity index (χ4n) is 2.29. The van der Waals surface area contributed by atoms with Crippen molar-refractivity contribution in [3.05, 3.63) is 17.7 Å². The Morgan fingerprint density at radius 3 is 2.64 bits per heavy atom. The number of aryl methyl sites for hydroxylation is 1. The molecular weight excluding hydrogens is 180 g/mol. The Bertz CT molecular complexity index is 381. The number of carboxylic acid groups (broad SMARTS) is 1. The molecule has 1 heterocycles. The van der Waals surface area contributed by atoms with Gasteiger partial charge in [-0.25, -0.2) is 4.98 Å². The Kier molecular flexibility index (Phi) is 1.71. The van der Waals surface area contributed by atoms with Gasteiger partial charge in [-0.2, -0.15) is 0 Å². The summed E-state index contributed by atoms with van der Waals surface area (Å²) in [6, 6.07) is 0. The number of aromatic amines is 1. The molecule has 76 valence electrons. The van der Waals surface area contributed by atoms with Crippen LogP contribution in [0.15, 0.2) is 6.33 Å². The molecule has 0 radical (unpaired) electrons. The molecule has 1 fully saturated rings. The third-order valence-corrected chi connectivity index (χ3v) is 3.26. The Balaban J connectivity index is 2.32. The Hall–Kier alpha value is -1.32. The van der Waals surface area contributed by atoms with Crippen molar-refractivity contribution >= 4 is 5.97 Å². The summed E-state index contributed by atoms with van der Waals surface area (Å²) in [5.74, 6) is -0.946. The van der Waals surface area contributed by atoms with Crippen molar-refractivity contribution in [2.24, 2.45) is 11.3 Å². The molecule has 2 N–H and O–H groups in total. The van der Waals surface area contributed by atoms with Crippen LogP contribution in [0.5, 0.6) is 0 Å². The molecule has 1 aliphatic rings. The molecule has 0 aliphatic heterocycles. The van der Waals surface area contributed by atoms with Crippen LogP contribution in [0.3, 0.4) is 0 Å². The molecule has 4 heteroatoms. The lowest BCUT2D eigenvalue weighted by atomic mass is 10.1. The highest BCUT2D eigenvalue weighted by Gasteiger charge is 2.64. The smallest absolute Gasteiger partial charge is 0.307 e. The number of H-pyrrole nitrogens is 1. The predicted octanol–water partition coefficient (Wildman–Crippen LogP) is 1.54. The number of nitrogens with one attached hydrogen (secondary N) is 1. The zero-order chi connectivity index (χ0) is 10.5. The van der Waals surface area contributed by atoms with Gasteiger partial charge >= 0.3 is 5.97 Å². The highest BCUT2D eigenvalue weighted by molar-refractivity contribution is 5.77. The topological polar surface area (TPSA) is 66.0 Å². The maximum Gasteiger partial charge on any atom is 0.307 e. The van der Waals surface area contributed by atoms with Crippen LogP contribution in [-0.4, -0.2) is 21.0 Å². The molecule has 2 atom stereocenters. The molecule has 0 bridgehead atoms. The van der Waals surface area contributed by atoms with Crippen LogP contribution in [-0.2, 0) is 4.79 Å². The van der Waals surface area contributed by atoms with E-state index in [1.165, 1.54) is 0 Å². The van der Waals surface area contributed by atoms with E-state index in [-0.39, 0.29) is 17.3 Å². The number of aliphatic carboxylic acids is 1. The summed E-state index contributed by atoms with van der Waals surface area (Å²) in [4.78, 5) is 18.1. The summed E-state index contributed by atoms with van der Waals surface area (Å²) in [6.07, 6.45) is 1.62. The van der Waals surface area contributed by atoms with Crippen molar-refractivity contribution in [1.82, 2.24) is 9.97 Å². The van der Waals surface area contributed by atoms with Gasteiger partial charge in [0.2, 0.25) is 0 Å². The Morgan fingerprint density at radius 2 is 2.29 bits per heavy atom. The number of imidazole rings is 1. The van der Waals surface area contributed by atoms with Gasteiger partial charge in [-0.05, 0) is 12.3 Å². The quantitative estimate of drug-likeness (QED) is 0.750. The van der Waals surface area contributed by atoms with E-state index in [0.29, 0.717) is 0 Å². The van der Waals surface area contributed by atoms with E-state index >= 15 is 0 Å². The first-order valence-electron chi connectivity index (χ1n) is 4.69. The Morgan fingerprint density at radius 1 is 1.64 bits per heavy atom. The van der Waals surface area contributed by atoms with Crippen LogP contribution in [0.1, 0.15) is 31.2 Å². The first-order chi connectivity index (χ1) is 6.46. The van der Waals surface area contributed by atoms with Crippen LogP contribution in [0.2, 0.25) is 0 Å². The summed E-state index contributed by atoms with van der Waals surface area (Å²) in [6.45, 7) is 5.88. The summed E-state index contributed by atoms with van der Waals surface area (Å²) < 4.78 is 0. The molecule has 1 saturated carbocycles. The average molecular weight is 194 g/mol. The molecular formula is C10H14N2O2. The van der Waals surface area contributed by atoms with Gasteiger partial charge in [0.15, 0.2) is 0 Å². The van der Waals surface area contributed by atoms with E-state index < -0.39 is 5.97 Å². The number of hydrogen-bond acceptors (Lipinski definition) is 2. The minimum Gasteiger partial charge on any atom is -0.481 e. The molecule has 2 unspecified atom stereocenters. The molecule has 0 spiro atoms. The van der Waals surface area contributed by atoms with Crippen molar-refractivity contribution < 1.29 is 9.90 Å². The number of hydrogen-bond donors (Lipinski definition) is 2. The number of rotatable bonds is 2. The molecule has 0 amide bonds. The fourth-order valence-corrected chi connectivity index (χ4v) is 2.29. The maximum atomic E-state index is 11.0. The van der Waals surface area contributed by atoms with Gasteiger partial charge in [0.25, 0.3) is 0 Å². The molecule has 1 aromatic rings. The van der Waals surface area contributed by atoms with Gasteiger partial charge in [0, 0.05) is 11.6 Å². The summed E-state index contributed by atoms with van der Waals surface area (Å²) in [5.41, 5.74) is 1.72. The maximum absolute atomic E-state index is 11.0. The van der Waals surface area contributed by atoms with Crippen molar-refractivity contribution in [3.63, 3.8) is 0 Å². The van der Waals surface area contributed by atoms with Gasteiger partial charge in [-0.15, -0.1) is 0 Å². The second-order valence-electron chi connectivity index (χ2n) is 4.53. The lowest BCUT2D eigenvalue weighted by Crippen LogP contribution is -2.03. The van der Waals surface area contributed by atoms with Gasteiger partial charge < -0.3 is 10.1 Å². The molecule has 0 saturated heterocycles. The van der Waals surface area contributed by atoms with Gasteiger partial charge in [-0.1, -0.05) is 13.8 Å². The Labute approximate surface area is 82.4 Å². The first kappa shape index (κ1) is 9.24.